The van der Waals surface area contributed by atoms with Gasteiger partial charge < -0.3 is 19.6 Å². The number of carbonyl (C=O) groups excluding carboxylic acids is 1. The van der Waals surface area contributed by atoms with Crippen LogP contribution in [-0.4, -0.2) is 20.2 Å². The third-order valence-corrected chi connectivity index (χ3v) is 2.37. The van der Waals surface area contributed by atoms with Crippen molar-refractivity contribution in [2.45, 2.75) is 0 Å². The van der Waals surface area contributed by atoms with E-state index in [1.54, 1.807) is 12.1 Å². The molecule has 0 spiro atoms. The van der Waals surface area contributed by atoms with Gasteiger partial charge in [0.1, 0.15) is 5.75 Å². The Kier molecular flexibility index (Phi) is 2.44. The largest absolute Gasteiger partial charge is 0.496 e. The summed E-state index contributed by atoms with van der Waals surface area (Å²) < 4.78 is 15.0. The van der Waals surface area contributed by atoms with E-state index in [1.165, 1.54) is 20.5 Å². The van der Waals surface area contributed by atoms with E-state index in [4.69, 9.17) is 14.9 Å². The average Bonchev–Trinajstić information content (AvgIpc) is 2.78. The van der Waals surface area contributed by atoms with Gasteiger partial charge in [0.2, 0.25) is 0 Å². The smallest absolute Gasteiger partial charge is 0.340 e. The average molecular weight is 221 g/mol. The molecule has 0 saturated carbocycles. The van der Waals surface area contributed by atoms with Gasteiger partial charge >= 0.3 is 5.97 Å². The highest BCUT2D eigenvalue weighted by Crippen LogP contribution is 2.34. The SMILES string of the molecule is COC(=O)c1cc(OC)c2ccoc2c1N. The van der Waals surface area contributed by atoms with Crippen LogP contribution in [0.5, 0.6) is 5.75 Å². The van der Waals surface area contributed by atoms with Crippen LogP contribution >= 0.6 is 0 Å². The molecular weight excluding hydrogens is 210 g/mol. The highest BCUT2D eigenvalue weighted by atomic mass is 16.5. The molecule has 84 valence electrons. The number of carbonyl (C=O) groups is 1. The van der Waals surface area contributed by atoms with Crippen LogP contribution in [0.1, 0.15) is 10.4 Å². The van der Waals surface area contributed by atoms with Crippen molar-refractivity contribution in [1.82, 2.24) is 0 Å². The van der Waals surface area contributed by atoms with Gasteiger partial charge in [-0.25, -0.2) is 4.79 Å². The van der Waals surface area contributed by atoms with E-state index >= 15 is 0 Å². The molecule has 0 amide bonds. The van der Waals surface area contributed by atoms with Gasteiger partial charge in [-0.1, -0.05) is 0 Å². The number of methoxy groups -OCH3 is 2. The van der Waals surface area contributed by atoms with Crippen LogP contribution in [-0.2, 0) is 4.74 Å². The molecule has 5 nitrogen and oxygen atoms in total. The Morgan fingerprint density at radius 3 is 2.81 bits per heavy atom. The summed E-state index contributed by atoms with van der Waals surface area (Å²) >= 11 is 0. The Balaban J connectivity index is 2.75. The Labute approximate surface area is 91.7 Å². The fourth-order valence-corrected chi connectivity index (χ4v) is 1.57. The topological polar surface area (TPSA) is 74.7 Å². The second kappa shape index (κ2) is 3.77. The van der Waals surface area contributed by atoms with Crippen molar-refractivity contribution in [1.29, 1.82) is 0 Å². The number of hydrogen-bond donors (Lipinski definition) is 1. The minimum atomic E-state index is -0.519. The zero-order valence-corrected chi connectivity index (χ0v) is 8.94. The van der Waals surface area contributed by atoms with Gasteiger partial charge in [0.05, 0.1) is 37.1 Å². The highest BCUT2D eigenvalue weighted by Gasteiger charge is 2.18. The lowest BCUT2D eigenvalue weighted by atomic mass is 10.1. The van der Waals surface area contributed by atoms with E-state index < -0.39 is 5.97 Å². The van der Waals surface area contributed by atoms with Gasteiger partial charge in [-0.2, -0.15) is 0 Å². The van der Waals surface area contributed by atoms with Crippen molar-refractivity contribution in [3.05, 3.63) is 24.0 Å². The lowest BCUT2D eigenvalue weighted by molar-refractivity contribution is 0.0601. The Morgan fingerprint density at radius 1 is 1.44 bits per heavy atom. The van der Waals surface area contributed by atoms with E-state index in [0.29, 0.717) is 11.3 Å². The van der Waals surface area contributed by atoms with E-state index in [1.807, 2.05) is 0 Å². The van der Waals surface area contributed by atoms with Crippen LogP contribution in [0.2, 0.25) is 0 Å². The summed E-state index contributed by atoms with van der Waals surface area (Å²) in [6, 6.07) is 3.27. The standard InChI is InChI=1S/C11H11NO4/c1-14-8-5-7(11(13)15-2)9(12)10-6(8)3-4-16-10/h3-5H,12H2,1-2H3. The Hall–Kier alpha value is -2.17. The number of furan rings is 1. The van der Waals surface area contributed by atoms with E-state index in [-0.39, 0.29) is 11.3 Å². The Bertz CT molecular complexity index is 544. The molecule has 0 aliphatic heterocycles. The van der Waals surface area contributed by atoms with E-state index in [0.717, 1.165) is 5.39 Å². The number of hydrogen-bond acceptors (Lipinski definition) is 5. The molecule has 0 unspecified atom stereocenters. The normalized spacial score (nSPS) is 10.4. The maximum atomic E-state index is 11.5. The van der Waals surface area contributed by atoms with Gasteiger partial charge in [-0.15, -0.1) is 0 Å². The molecule has 0 aliphatic rings. The fourth-order valence-electron chi connectivity index (χ4n) is 1.57. The molecule has 0 aliphatic carbocycles. The van der Waals surface area contributed by atoms with Gasteiger partial charge in [0, 0.05) is 0 Å². The minimum Gasteiger partial charge on any atom is -0.496 e. The molecule has 0 fully saturated rings. The monoisotopic (exact) mass is 221 g/mol. The summed E-state index contributed by atoms with van der Waals surface area (Å²) in [5.41, 5.74) is 6.74. The predicted molar refractivity (Wildman–Crippen MR) is 58.5 cm³/mol. The molecule has 0 saturated heterocycles. The lowest BCUT2D eigenvalue weighted by Crippen LogP contribution is -2.06. The number of benzene rings is 1. The number of nitrogen functional groups attached to an aromatic ring is 1. The quantitative estimate of drug-likeness (QED) is 0.618. The number of fused-ring (bicyclic) bond motifs is 1. The van der Waals surface area contributed by atoms with Crippen LogP contribution in [0.25, 0.3) is 11.0 Å². The maximum Gasteiger partial charge on any atom is 0.340 e. The van der Waals surface area contributed by atoms with E-state index in [9.17, 15) is 4.79 Å². The zero-order valence-electron chi connectivity index (χ0n) is 8.94. The maximum absolute atomic E-state index is 11.5. The summed E-state index contributed by atoms with van der Waals surface area (Å²) in [6.45, 7) is 0. The van der Waals surface area contributed by atoms with Crippen LogP contribution in [0.4, 0.5) is 5.69 Å². The number of ether oxygens (including phenoxy) is 2. The van der Waals surface area contributed by atoms with Crippen LogP contribution in [0.3, 0.4) is 0 Å². The molecular formula is C11H11NO4. The first-order valence-electron chi connectivity index (χ1n) is 4.61. The molecule has 1 heterocycles. The van der Waals surface area contributed by atoms with Crippen LogP contribution < -0.4 is 10.5 Å². The molecule has 5 heteroatoms. The summed E-state index contributed by atoms with van der Waals surface area (Å²) in [7, 11) is 2.81. The summed E-state index contributed by atoms with van der Waals surface area (Å²) in [5, 5.41) is 0.729. The predicted octanol–water partition coefficient (Wildman–Crippen LogP) is 1.81. The third kappa shape index (κ3) is 1.37. The number of esters is 1. The Morgan fingerprint density at radius 2 is 2.19 bits per heavy atom. The van der Waals surface area contributed by atoms with Gasteiger partial charge in [-0.3, -0.25) is 0 Å². The van der Waals surface area contributed by atoms with Gasteiger partial charge in [0.15, 0.2) is 5.58 Å². The summed E-state index contributed by atoms with van der Waals surface area (Å²) in [4.78, 5) is 11.5. The van der Waals surface area contributed by atoms with Gasteiger partial charge in [0.25, 0.3) is 0 Å². The zero-order chi connectivity index (χ0) is 11.7. The van der Waals surface area contributed by atoms with Crippen molar-refractivity contribution < 1.29 is 18.7 Å². The number of anilines is 1. The first-order chi connectivity index (χ1) is 7.69. The van der Waals surface area contributed by atoms with Crippen molar-refractivity contribution in [2.24, 2.45) is 0 Å². The van der Waals surface area contributed by atoms with Crippen LogP contribution in [0.15, 0.2) is 22.8 Å². The first kappa shape index (κ1) is 10.4. The summed E-state index contributed by atoms with van der Waals surface area (Å²) in [6.07, 6.45) is 1.49. The summed E-state index contributed by atoms with van der Waals surface area (Å²) in [5.74, 6) is 0.00690. The minimum absolute atomic E-state index is 0.238. The molecule has 1 aromatic carbocycles. The van der Waals surface area contributed by atoms with Crippen molar-refractivity contribution >= 4 is 22.6 Å². The molecule has 16 heavy (non-hydrogen) atoms. The van der Waals surface area contributed by atoms with Crippen molar-refractivity contribution in [3.63, 3.8) is 0 Å². The fraction of sp³-hybridized carbons (Fsp3) is 0.182. The second-order valence-corrected chi connectivity index (χ2v) is 3.20. The van der Waals surface area contributed by atoms with Crippen LogP contribution in [0, 0.1) is 0 Å². The molecule has 0 atom stereocenters. The molecule has 2 aromatic rings. The van der Waals surface area contributed by atoms with Gasteiger partial charge in [-0.05, 0) is 12.1 Å². The van der Waals surface area contributed by atoms with E-state index in [2.05, 4.69) is 4.74 Å². The van der Waals surface area contributed by atoms with Crippen molar-refractivity contribution in [2.75, 3.05) is 20.0 Å². The second-order valence-electron chi connectivity index (χ2n) is 3.20. The molecule has 1 aromatic heterocycles. The third-order valence-electron chi connectivity index (χ3n) is 2.37. The van der Waals surface area contributed by atoms with Crippen molar-refractivity contribution in [3.8, 4) is 5.75 Å². The molecule has 2 rings (SSSR count). The first-order valence-corrected chi connectivity index (χ1v) is 4.61. The number of nitrogens with two attached hydrogens (primary N) is 1. The molecule has 0 radical (unpaired) electrons. The lowest BCUT2D eigenvalue weighted by Gasteiger charge is -2.07. The molecule has 2 N–H and O–H groups in total. The number of rotatable bonds is 2. The highest BCUT2D eigenvalue weighted by molar-refractivity contribution is 6.05. The molecule has 0 bridgehead atoms.